The van der Waals surface area contributed by atoms with Crippen LogP contribution in [-0.2, 0) is 4.74 Å². The Labute approximate surface area is 295 Å². The van der Waals surface area contributed by atoms with Gasteiger partial charge in [-0.3, -0.25) is 4.90 Å². The van der Waals surface area contributed by atoms with Gasteiger partial charge < -0.3 is 19.5 Å². The molecule has 4 aromatic rings. The molecule has 1 aliphatic rings. The maximum Gasteiger partial charge on any atom is 0.119 e. The van der Waals surface area contributed by atoms with Crippen LogP contribution in [0.15, 0.2) is 115 Å². The molecule has 5 rings (SSSR count). The van der Waals surface area contributed by atoms with Crippen LogP contribution in [0.3, 0.4) is 0 Å². The molecule has 0 saturated carbocycles. The maximum atomic E-state index is 5.76. The number of nitrogens with one attached hydrogen (secondary N) is 1. The summed E-state index contributed by atoms with van der Waals surface area (Å²) in [4.78, 5) is 2.43. The van der Waals surface area contributed by atoms with Crippen LogP contribution >= 0.6 is 24.8 Å². The summed E-state index contributed by atoms with van der Waals surface area (Å²) in [6, 6.07) is 40.6. The summed E-state index contributed by atoms with van der Waals surface area (Å²) in [7, 11) is 0. The van der Waals surface area contributed by atoms with Gasteiger partial charge in [-0.15, -0.1) is 24.8 Å². The van der Waals surface area contributed by atoms with Crippen molar-refractivity contribution in [3.8, 4) is 11.5 Å². The lowest BCUT2D eigenvalue weighted by Gasteiger charge is -2.26. The van der Waals surface area contributed by atoms with E-state index in [1.54, 1.807) is 0 Å². The highest BCUT2D eigenvalue weighted by Gasteiger charge is 2.14. The highest BCUT2D eigenvalue weighted by molar-refractivity contribution is 5.85. The van der Waals surface area contributed by atoms with E-state index in [0.717, 1.165) is 89.8 Å². The Morgan fingerprint density at radius 3 is 1.62 bits per heavy atom. The molecule has 1 fully saturated rings. The van der Waals surface area contributed by atoms with E-state index in [9.17, 15) is 0 Å². The van der Waals surface area contributed by atoms with Gasteiger partial charge in [0.1, 0.15) is 11.5 Å². The smallest absolute Gasteiger partial charge is 0.119 e. The molecule has 0 aromatic heterocycles. The molecule has 1 atom stereocenters. The summed E-state index contributed by atoms with van der Waals surface area (Å²) in [5.41, 5.74) is 4.12. The number of hydrogen-bond donors (Lipinski definition) is 1. The highest BCUT2D eigenvalue weighted by Crippen LogP contribution is 2.27. The Morgan fingerprint density at radius 2 is 1.13 bits per heavy atom. The molecular formula is C40H54Cl2N2O3. The Morgan fingerprint density at radius 1 is 0.660 bits per heavy atom. The molecule has 7 heteroatoms. The molecule has 1 N–H and O–H groups in total. The van der Waals surface area contributed by atoms with Crippen LogP contribution in [0.1, 0.15) is 68.2 Å². The number of benzene rings is 4. The highest BCUT2D eigenvalue weighted by atomic mass is 35.5. The first kappa shape index (κ1) is 40.1. The van der Waals surface area contributed by atoms with Crippen LogP contribution in [0.2, 0.25) is 0 Å². The molecule has 1 unspecified atom stereocenters. The minimum absolute atomic E-state index is 0. The number of halogens is 2. The van der Waals surface area contributed by atoms with Gasteiger partial charge in [0.25, 0.3) is 0 Å². The maximum absolute atomic E-state index is 5.76. The van der Waals surface area contributed by atoms with E-state index in [2.05, 4.69) is 115 Å². The van der Waals surface area contributed by atoms with Crippen molar-refractivity contribution in [3.63, 3.8) is 0 Å². The van der Waals surface area contributed by atoms with Crippen LogP contribution in [-0.4, -0.2) is 57.5 Å². The van der Waals surface area contributed by atoms with Crippen molar-refractivity contribution in [1.82, 2.24) is 10.2 Å². The molecule has 256 valence electrons. The Kier molecular flexibility index (Phi) is 20.6. The third kappa shape index (κ3) is 15.1. The summed E-state index contributed by atoms with van der Waals surface area (Å²) in [5, 5.41) is 3.67. The number of morpholine rings is 1. The second-order valence-corrected chi connectivity index (χ2v) is 11.6. The molecule has 0 bridgehead atoms. The van der Waals surface area contributed by atoms with Crippen molar-refractivity contribution in [2.75, 3.05) is 52.6 Å². The zero-order valence-electron chi connectivity index (χ0n) is 28.1. The molecule has 0 radical (unpaired) electrons. The van der Waals surface area contributed by atoms with Crippen molar-refractivity contribution in [3.05, 3.63) is 132 Å². The van der Waals surface area contributed by atoms with E-state index in [4.69, 9.17) is 14.2 Å². The van der Waals surface area contributed by atoms with E-state index in [1.807, 2.05) is 24.3 Å². The third-order valence-corrected chi connectivity index (χ3v) is 8.17. The average Bonchev–Trinajstić information content (AvgIpc) is 3.11. The Bertz CT molecular complexity index is 1250. The summed E-state index contributed by atoms with van der Waals surface area (Å²) < 4.78 is 16.7. The van der Waals surface area contributed by atoms with Gasteiger partial charge in [0.05, 0.1) is 26.4 Å². The van der Waals surface area contributed by atoms with Crippen molar-refractivity contribution in [2.45, 2.75) is 51.5 Å². The lowest BCUT2D eigenvalue weighted by molar-refractivity contribution is 0.0358. The molecule has 0 spiro atoms. The minimum atomic E-state index is 0. The molecule has 0 amide bonds. The van der Waals surface area contributed by atoms with Crippen molar-refractivity contribution < 1.29 is 14.2 Å². The van der Waals surface area contributed by atoms with Gasteiger partial charge in [-0.1, -0.05) is 104 Å². The van der Waals surface area contributed by atoms with Gasteiger partial charge in [-0.25, -0.2) is 0 Å². The monoisotopic (exact) mass is 680 g/mol. The van der Waals surface area contributed by atoms with Crippen molar-refractivity contribution in [2.24, 2.45) is 0 Å². The zero-order valence-corrected chi connectivity index (χ0v) is 29.7. The number of rotatable bonds is 16. The predicted octanol–water partition coefficient (Wildman–Crippen LogP) is 9.37. The topological polar surface area (TPSA) is 43.0 Å². The van der Waals surface area contributed by atoms with Gasteiger partial charge in [-0.2, -0.15) is 0 Å². The van der Waals surface area contributed by atoms with Gasteiger partial charge in [0.2, 0.25) is 0 Å². The molecule has 1 saturated heterocycles. The first-order valence-electron chi connectivity index (χ1n) is 16.8. The van der Waals surface area contributed by atoms with Crippen LogP contribution in [0.5, 0.6) is 11.5 Å². The van der Waals surface area contributed by atoms with E-state index in [-0.39, 0.29) is 24.8 Å². The van der Waals surface area contributed by atoms with Gasteiger partial charge in [-0.05, 0) is 73.7 Å². The summed E-state index contributed by atoms with van der Waals surface area (Å²) in [6.07, 6.45) is 4.39. The minimum Gasteiger partial charge on any atom is -0.494 e. The van der Waals surface area contributed by atoms with Gasteiger partial charge in [0, 0.05) is 31.6 Å². The van der Waals surface area contributed by atoms with Crippen molar-refractivity contribution in [1.29, 1.82) is 0 Å². The second kappa shape index (κ2) is 24.1. The number of hydrogen-bond acceptors (Lipinski definition) is 5. The van der Waals surface area contributed by atoms with E-state index < -0.39 is 0 Å². The van der Waals surface area contributed by atoms with E-state index >= 15 is 0 Å². The predicted molar refractivity (Wildman–Crippen MR) is 201 cm³/mol. The van der Waals surface area contributed by atoms with Crippen LogP contribution < -0.4 is 14.8 Å². The second-order valence-electron chi connectivity index (χ2n) is 11.6. The summed E-state index contributed by atoms with van der Waals surface area (Å²) in [6.45, 7) is 11.8. The molecule has 47 heavy (non-hydrogen) atoms. The molecule has 0 aliphatic carbocycles. The van der Waals surface area contributed by atoms with Gasteiger partial charge >= 0.3 is 0 Å². The number of ether oxygens (including phenoxy) is 3. The molecule has 1 heterocycles. The number of unbranched alkanes of at least 4 members (excludes halogenated alkanes) is 1. The largest absolute Gasteiger partial charge is 0.494 e. The first-order valence-corrected chi connectivity index (χ1v) is 16.8. The summed E-state index contributed by atoms with van der Waals surface area (Å²) in [5.74, 6) is 2.27. The fourth-order valence-corrected chi connectivity index (χ4v) is 5.47. The quantitative estimate of drug-likeness (QED) is 0.119. The molecule has 4 aromatic carbocycles. The molecular weight excluding hydrogens is 627 g/mol. The average molecular weight is 682 g/mol. The van der Waals surface area contributed by atoms with Crippen molar-refractivity contribution >= 4 is 24.8 Å². The summed E-state index contributed by atoms with van der Waals surface area (Å²) >= 11 is 0. The van der Waals surface area contributed by atoms with E-state index in [1.165, 1.54) is 16.7 Å². The fourth-order valence-electron chi connectivity index (χ4n) is 5.47. The normalized spacial score (nSPS) is 13.3. The van der Waals surface area contributed by atoms with Crippen LogP contribution in [0, 0.1) is 0 Å². The standard InChI is InChI=1S/C23H25N.C17H27NO3.2ClH/c1-19(20-11-5-2-6-12-20)24-18-17-23(21-13-7-3-8-14-21)22-15-9-4-10-16-22;1-2-3-12-20-16-5-7-17(8-6-16)21-13-4-9-18-10-14-19-15-11-18;;/h2-16,19,23-24H,17-18H2,1H3;5-8H,2-4,9-15H2,1H3;2*1H. The number of nitrogens with zero attached hydrogens (tertiary/aromatic N) is 1. The molecule has 5 nitrogen and oxygen atoms in total. The van der Waals surface area contributed by atoms with Crippen LogP contribution in [0.4, 0.5) is 0 Å². The third-order valence-electron chi connectivity index (χ3n) is 8.17. The van der Waals surface area contributed by atoms with Crippen LogP contribution in [0.25, 0.3) is 0 Å². The SMILES string of the molecule is CC(NCCC(c1ccccc1)c1ccccc1)c1ccccc1.CCCCOc1ccc(OCCCN2CCOCC2)cc1.Cl.Cl. The Hall–Kier alpha value is -3.06. The first-order chi connectivity index (χ1) is 22.2. The fraction of sp³-hybridized carbons (Fsp3) is 0.400. The van der Waals surface area contributed by atoms with Gasteiger partial charge in [0.15, 0.2) is 0 Å². The lowest BCUT2D eigenvalue weighted by atomic mass is 9.88. The zero-order chi connectivity index (χ0) is 31.4. The Balaban J connectivity index is 0.000000316. The van der Waals surface area contributed by atoms with E-state index in [0.29, 0.717) is 12.0 Å². The lowest BCUT2D eigenvalue weighted by Crippen LogP contribution is -2.37. The molecule has 1 aliphatic heterocycles.